The Balaban J connectivity index is 1.53. The fourth-order valence-corrected chi connectivity index (χ4v) is 4.55. The molecule has 1 aromatic heterocycles. The monoisotopic (exact) mass is 363 g/mol. The van der Waals surface area contributed by atoms with Crippen LogP contribution in [0.1, 0.15) is 34.8 Å². The molecule has 1 N–H and O–H groups in total. The predicted octanol–water partition coefficient (Wildman–Crippen LogP) is 1.81. The van der Waals surface area contributed by atoms with Gasteiger partial charge in [0.15, 0.2) is 0 Å². The zero-order valence-corrected chi connectivity index (χ0v) is 14.9. The Bertz CT molecular complexity index is 897. The second-order valence-electron chi connectivity index (χ2n) is 7.55. The molecule has 5 rings (SSSR count). The average Bonchev–Trinajstić information content (AvgIpc) is 3.54. The molecule has 0 bridgehead atoms. The zero-order chi connectivity index (χ0) is 18.5. The SMILES string of the molecule is O=C(c1ccccn1)N1C[C@H]2[C@@H](c3ccccc31)[C@@H](CO)N2C(=O)C1CC1. The number of hydrogen-bond acceptors (Lipinski definition) is 4. The minimum atomic E-state index is -0.198. The summed E-state index contributed by atoms with van der Waals surface area (Å²) < 4.78 is 0. The molecule has 6 nitrogen and oxygen atoms in total. The topological polar surface area (TPSA) is 73.7 Å². The minimum Gasteiger partial charge on any atom is -0.394 e. The van der Waals surface area contributed by atoms with Gasteiger partial charge in [-0.1, -0.05) is 24.3 Å². The highest BCUT2D eigenvalue weighted by Crippen LogP contribution is 2.50. The lowest BCUT2D eigenvalue weighted by Crippen LogP contribution is -2.71. The van der Waals surface area contributed by atoms with Gasteiger partial charge in [0.25, 0.3) is 5.91 Å². The molecule has 2 aromatic rings. The lowest BCUT2D eigenvalue weighted by Gasteiger charge is -2.59. The summed E-state index contributed by atoms with van der Waals surface area (Å²) in [4.78, 5) is 33.7. The maximum Gasteiger partial charge on any atom is 0.276 e. The molecule has 6 heteroatoms. The normalized spacial score (nSPS) is 26.0. The van der Waals surface area contributed by atoms with Crippen molar-refractivity contribution in [2.45, 2.75) is 30.8 Å². The third-order valence-electron chi connectivity index (χ3n) is 6.00. The number of aliphatic hydroxyl groups excluding tert-OH is 1. The molecule has 2 fully saturated rings. The quantitative estimate of drug-likeness (QED) is 0.903. The van der Waals surface area contributed by atoms with Crippen LogP contribution < -0.4 is 4.90 Å². The second kappa shape index (κ2) is 6.16. The molecule has 0 unspecified atom stereocenters. The molecule has 2 amide bonds. The van der Waals surface area contributed by atoms with Crippen LogP contribution in [0.5, 0.6) is 0 Å². The van der Waals surface area contributed by atoms with Gasteiger partial charge in [-0.3, -0.25) is 14.6 Å². The number of fused-ring (bicyclic) bond motifs is 3. The number of hydrogen-bond donors (Lipinski definition) is 1. The van der Waals surface area contributed by atoms with Crippen molar-refractivity contribution in [1.29, 1.82) is 0 Å². The summed E-state index contributed by atoms with van der Waals surface area (Å²) in [5.74, 6) is 0.131. The summed E-state index contributed by atoms with van der Waals surface area (Å²) in [5, 5.41) is 9.94. The number of nitrogens with zero attached hydrogens (tertiary/aromatic N) is 3. The molecule has 3 heterocycles. The van der Waals surface area contributed by atoms with Gasteiger partial charge >= 0.3 is 0 Å². The highest BCUT2D eigenvalue weighted by atomic mass is 16.3. The van der Waals surface area contributed by atoms with Gasteiger partial charge in [-0.2, -0.15) is 0 Å². The zero-order valence-electron chi connectivity index (χ0n) is 14.9. The highest BCUT2D eigenvalue weighted by Gasteiger charge is 2.57. The Morgan fingerprint density at radius 2 is 1.89 bits per heavy atom. The first-order chi connectivity index (χ1) is 13.2. The minimum absolute atomic E-state index is 0.0534. The van der Waals surface area contributed by atoms with Crippen molar-refractivity contribution in [1.82, 2.24) is 9.88 Å². The Kier molecular flexibility index (Phi) is 3.75. The molecule has 2 aliphatic heterocycles. The van der Waals surface area contributed by atoms with Gasteiger partial charge in [-0.05, 0) is 36.6 Å². The van der Waals surface area contributed by atoms with Crippen LogP contribution in [0.15, 0.2) is 48.7 Å². The molecule has 1 aromatic carbocycles. The maximum atomic E-state index is 13.1. The predicted molar refractivity (Wildman–Crippen MR) is 99.3 cm³/mol. The van der Waals surface area contributed by atoms with Crippen LogP contribution in [0.2, 0.25) is 0 Å². The van der Waals surface area contributed by atoms with Crippen molar-refractivity contribution in [2.24, 2.45) is 5.92 Å². The van der Waals surface area contributed by atoms with Gasteiger partial charge in [-0.15, -0.1) is 0 Å². The molecule has 3 atom stereocenters. The third-order valence-corrected chi connectivity index (χ3v) is 6.00. The van der Waals surface area contributed by atoms with E-state index in [9.17, 15) is 14.7 Å². The molecular weight excluding hydrogens is 342 g/mol. The third kappa shape index (κ3) is 2.47. The first kappa shape index (κ1) is 16.4. The van der Waals surface area contributed by atoms with Crippen molar-refractivity contribution in [3.63, 3.8) is 0 Å². The van der Waals surface area contributed by atoms with Gasteiger partial charge in [-0.25, -0.2) is 0 Å². The van der Waals surface area contributed by atoms with Crippen molar-refractivity contribution in [3.8, 4) is 0 Å². The molecule has 1 saturated heterocycles. The van der Waals surface area contributed by atoms with Crippen LogP contribution >= 0.6 is 0 Å². The summed E-state index contributed by atoms with van der Waals surface area (Å²) in [6.45, 7) is 0.383. The second-order valence-corrected chi connectivity index (χ2v) is 7.55. The van der Waals surface area contributed by atoms with Crippen LogP contribution in [0, 0.1) is 5.92 Å². The number of rotatable bonds is 3. The van der Waals surface area contributed by atoms with Crippen molar-refractivity contribution in [3.05, 3.63) is 59.9 Å². The van der Waals surface area contributed by atoms with Crippen LogP contribution in [-0.2, 0) is 4.79 Å². The lowest BCUT2D eigenvalue weighted by atomic mass is 9.71. The smallest absolute Gasteiger partial charge is 0.276 e. The number of pyridine rings is 1. The Hall–Kier alpha value is -2.73. The van der Waals surface area contributed by atoms with E-state index in [0.717, 1.165) is 24.1 Å². The highest BCUT2D eigenvalue weighted by molar-refractivity contribution is 6.06. The molecule has 0 spiro atoms. The van der Waals surface area contributed by atoms with Gasteiger partial charge in [0.05, 0.1) is 18.7 Å². The molecule has 1 saturated carbocycles. The molecule has 27 heavy (non-hydrogen) atoms. The largest absolute Gasteiger partial charge is 0.394 e. The van der Waals surface area contributed by atoms with E-state index in [0.29, 0.717) is 12.2 Å². The summed E-state index contributed by atoms with van der Waals surface area (Å²) in [7, 11) is 0. The number of carbonyl (C=O) groups is 2. The summed E-state index contributed by atoms with van der Waals surface area (Å²) in [5.41, 5.74) is 2.27. The van der Waals surface area contributed by atoms with Crippen molar-refractivity contribution >= 4 is 17.5 Å². The standard InChI is InChI=1S/C21H21N3O3/c25-12-18-19-14-5-1-2-7-16(14)23(21(27)15-6-3-4-10-22-15)11-17(19)24(18)20(26)13-8-9-13/h1-7,10,13,17-19,25H,8-9,11-12H2/t17-,18+,19+/m0/s1. The van der Waals surface area contributed by atoms with Gasteiger partial charge < -0.3 is 14.9 Å². The fourth-order valence-electron chi connectivity index (χ4n) is 4.55. The van der Waals surface area contributed by atoms with E-state index >= 15 is 0 Å². The molecule has 0 radical (unpaired) electrons. The Morgan fingerprint density at radius 1 is 1.11 bits per heavy atom. The Morgan fingerprint density at radius 3 is 2.59 bits per heavy atom. The average molecular weight is 363 g/mol. The number of benzene rings is 1. The summed E-state index contributed by atoms with van der Waals surface area (Å²) in [6.07, 6.45) is 3.47. The van der Waals surface area contributed by atoms with Crippen molar-refractivity contribution < 1.29 is 14.7 Å². The number of likely N-dealkylation sites (tertiary alicyclic amines) is 1. The van der Waals surface area contributed by atoms with Crippen LogP contribution in [-0.4, -0.2) is 52.0 Å². The summed E-state index contributed by atoms with van der Waals surface area (Å²) >= 11 is 0. The molecule has 138 valence electrons. The molecular formula is C21H21N3O3. The maximum absolute atomic E-state index is 13.1. The van der Waals surface area contributed by atoms with E-state index in [-0.39, 0.29) is 42.3 Å². The van der Waals surface area contributed by atoms with E-state index in [1.165, 1.54) is 0 Å². The van der Waals surface area contributed by atoms with Crippen LogP contribution in [0.3, 0.4) is 0 Å². The number of anilines is 1. The Labute approximate surface area is 157 Å². The van der Waals surface area contributed by atoms with E-state index in [1.54, 1.807) is 29.3 Å². The van der Waals surface area contributed by atoms with Crippen molar-refractivity contribution in [2.75, 3.05) is 18.1 Å². The number of aromatic nitrogens is 1. The van der Waals surface area contributed by atoms with Gasteiger partial charge in [0.2, 0.25) is 5.91 Å². The van der Waals surface area contributed by atoms with E-state index < -0.39 is 0 Å². The number of para-hydroxylation sites is 1. The van der Waals surface area contributed by atoms with Crippen LogP contribution in [0.4, 0.5) is 5.69 Å². The van der Waals surface area contributed by atoms with E-state index in [2.05, 4.69) is 4.98 Å². The number of aliphatic hydroxyl groups is 1. The fraction of sp³-hybridized carbons (Fsp3) is 0.381. The first-order valence-electron chi connectivity index (χ1n) is 9.45. The molecule has 1 aliphatic carbocycles. The number of carbonyl (C=O) groups excluding carboxylic acids is 2. The van der Waals surface area contributed by atoms with Gasteiger partial charge in [0, 0.05) is 30.3 Å². The van der Waals surface area contributed by atoms with E-state index in [1.807, 2.05) is 29.2 Å². The van der Waals surface area contributed by atoms with Crippen LogP contribution in [0.25, 0.3) is 0 Å². The lowest BCUT2D eigenvalue weighted by molar-refractivity contribution is -0.151. The summed E-state index contributed by atoms with van der Waals surface area (Å²) in [6, 6.07) is 12.8. The first-order valence-corrected chi connectivity index (χ1v) is 9.45. The molecule has 3 aliphatic rings. The number of amides is 2. The van der Waals surface area contributed by atoms with Gasteiger partial charge in [0.1, 0.15) is 5.69 Å². The van der Waals surface area contributed by atoms with E-state index in [4.69, 9.17) is 0 Å².